The molecule has 1 aromatic heterocycles. The molecule has 0 atom stereocenters. The van der Waals surface area contributed by atoms with Gasteiger partial charge in [-0.05, 0) is 18.1 Å². The Balaban J connectivity index is 2.22. The number of carbonyl (C=O) groups excluding carboxylic acids is 2. The highest BCUT2D eigenvalue weighted by molar-refractivity contribution is 5.95. The molecule has 1 aromatic rings. The van der Waals surface area contributed by atoms with E-state index in [0.29, 0.717) is 37.4 Å². The number of nitrogens with zero attached hydrogens (tertiary/aromatic N) is 2. The molecule has 0 unspecified atom stereocenters. The second-order valence-electron chi connectivity index (χ2n) is 5.25. The zero-order valence-corrected chi connectivity index (χ0v) is 11.8. The summed E-state index contributed by atoms with van der Waals surface area (Å²) in [6.45, 7) is 5.45. The van der Waals surface area contributed by atoms with Crippen molar-refractivity contribution in [2.24, 2.45) is 0 Å². The van der Waals surface area contributed by atoms with Gasteiger partial charge >= 0.3 is 0 Å². The minimum atomic E-state index is -0.0995. The van der Waals surface area contributed by atoms with Gasteiger partial charge in [0.15, 0.2) is 0 Å². The predicted molar refractivity (Wildman–Crippen MR) is 76.3 cm³/mol. The smallest absolute Gasteiger partial charge is 0.254 e. The van der Waals surface area contributed by atoms with Crippen molar-refractivity contribution in [1.29, 1.82) is 0 Å². The number of anilines is 1. The van der Waals surface area contributed by atoms with Gasteiger partial charge < -0.3 is 16.0 Å². The van der Waals surface area contributed by atoms with E-state index < -0.39 is 0 Å². The van der Waals surface area contributed by atoms with E-state index in [2.05, 4.69) is 10.3 Å². The van der Waals surface area contributed by atoms with Crippen LogP contribution in [-0.2, 0) is 4.79 Å². The maximum absolute atomic E-state index is 12.5. The van der Waals surface area contributed by atoms with Gasteiger partial charge in [-0.1, -0.05) is 13.8 Å². The van der Waals surface area contributed by atoms with Crippen LogP contribution in [0.4, 0.5) is 5.82 Å². The first-order valence-corrected chi connectivity index (χ1v) is 6.81. The molecule has 1 fully saturated rings. The van der Waals surface area contributed by atoms with Gasteiger partial charge in [0.1, 0.15) is 5.82 Å². The van der Waals surface area contributed by atoms with Gasteiger partial charge in [0.25, 0.3) is 5.91 Å². The first-order valence-electron chi connectivity index (χ1n) is 6.81. The van der Waals surface area contributed by atoms with E-state index in [9.17, 15) is 9.59 Å². The summed E-state index contributed by atoms with van der Waals surface area (Å²) in [6, 6.07) is 3.37. The Hall–Kier alpha value is -2.11. The van der Waals surface area contributed by atoms with Gasteiger partial charge in [-0.25, -0.2) is 4.98 Å². The maximum atomic E-state index is 12.5. The molecular weight excluding hydrogens is 256 g/mol. The number of carbonyl (C=O) groups is 2. The highest BCUT2D eigenvalue weighted by Crippen LogP contribution is 2.17. The summed E-state index contributed by atoms with van der Waals surface area (Å²) >= 11 is 0. The molecule has 1 saturated heterocycles. The van der Waals surface area contributed by atoms with Gasteiger partial charge in [-0.3, -0.25) is 9.59 Å². The monoisotopic (exact) mass is 276 g/mol. The van der Waals surface area contributed by atoms with E-state index >= 15 is 0 Å². The van der Waals surface area contributed by atoms with Crippen LogP contribution in [0.5, 0.6) is 0 Å². The lowest BCUT2D eigenvalue weighted by Gasteiger charge is -2.20. The molecule has 2 amide bonds. The van der Waals surface area contributed by atoms with Crippen molar-refractivity contribution in [3.05, 3.63) is 23.4 Å². The van der Waals surface area contributed by atoms with Crippen molar-refractivity contribution >= 4 is 17.6 Å². The zero-order valence-electron chi connectivity index (χ0n) is 11.8. The Kier molecular flexibility index (Phi) is 4.22. The minimum Gasteiger partial charge on any atom is -0.384 e. The largest absolute Gasteiger partial charge is 0.384 e. The topological polar surface area (TPSA) is 88.3 Å². The lowest BCUT2D eigenvalue weighted by atomic mass is 10.1. The molecule has 1 aliphatic rings. The summed E-state index contributed by atoms with van der Waals surface area (Å²) < 4.78 is 0. The fourth-order valence-electron chi connectivity index (χ4n) is 2.15. The number of hydrogen-bond acceptors (Lipinski definition) is 4. The van der Waals surface area contributed by atoms with Crippen molar-refractivity contribution < 1.29 is 9.59 Å². The standard InChI is InChI=1S/C14H20N4O2/c1-9(2)11-7-10(8-12(15)17-11)14(20)18-5-3-13(19)16-4-6-18/h7-9H,3-6H2,1-2H3,(H2,15,17)(H,16,19). The third-order valence-corrected chi connectivity index (χ3v) is 3.30. The van der Waals surface area contributed by atoms with Crippen LogP contribution in [0.25, 0.3) is 0 Å². The normalized spacial score (nSPS) is 15.9. The Morgan fingerprint density at radius 3 is 2.85 bits per heavy atom. The lowest BCUT2D eigenvalue weighted by Crippen LogP contribution is -2.34. The molecule has 1 aliphatic heterocycles. The van der Waals surface area contributed by atoms with E-state index in [1.165, 1.54) is 0 Å². The molecule has 0 aliphatic carbocycles. The summed E-state index contributed by atoms with van der Waals surface area (Å²) in [4.78, 5) is 29.7. The van der Waals surface area contributed by atoms with Crippen molar-refractivity contribution in [3.8, 4) is 0 Å². The maximum Gasteiger partial charge on any atom is 0.254 e. The van der Waals surface area contributed by atoms with Crippen molar-refractivity contribution in [2.45, 2.75) is 26.2 Å². The molecule has 20 heavy (non-hydrogen) atoms. The van der Waals surface area contributed by atoms with E-state index in [1.807, 2.05) is 13.8 Å². The Labute approximate surface area is 118 Å². The van der Waals surface area contributed by atoms with Gasteiger partial charge in [0, 0.05) is 37.3 Å². The summed E-state index contributed by atoms with van der Waals surface area (Å²) in [5, 5.41) is 2.75. The fourth-order valence-corrected chi connectivity index (χ4v) is 2.15. The second kappa shape index (κ2) is 5.90. The van der Waals surface area contributed by atoms with Gasteiger partial charge in [-0.2, -0.15) is 0 Å². The third-order valence-electron chi connectivity index (χ3n) is 3.30. The molecule has 6 heteroatoms. The number of amides is 2. The average molecular weight is 276 g/mol. The molecular formula is C14H20N4O2. The van der Waals surface area contributed by atoms with Crippen molar-refractivity contribution in [1.82, 2.24) is 15.2 Å². The number of aromatic nitrogens is 1. The van der Waals surface area contributed by atoms with Crippen LogP contribution in [0.15, 0.2) is 12.1 Å². The van der Waals surface area contributed by atoms with E-state index in [-0.39, 0.29) is 17.7 Å². The molecule has 0 aromatic carbocycles. The number of nitrogens with two attached hydrogens (primary N) is 1. The SMILES string of the molecule is CC(C)c1cc(C(=O)N2CCNC(=O)CC2)cc(N)n1. The number of pyridine rings is 1. The lowest BCUT2D eigenvalue weighted by molar-refractivity contribution is -0.120. The highest BCUT2D eigenvalue weighted by atomic mass is 16.2. The Morgan fingerprint density at radius 1 is 1.40 bits per heavy atom. The summed E-state index contributed by atoms with van der Waals surface area (Å²) in [5.74, 6) is 0.441. The van der Waals surface area contributed by atoms with Crippen LogP contribution >= 0.6 is 0 Å². The van der Waals surface area contributed by atoms with Crippen LogP contribution in [0.1, 0.15) is 42.2 Å². The first-order chi connectivity index (χ1) is 9.47. The van der Waals surface area contributed by atoms with Crippen molar-refractivity contribution in [2.75, 3.05) is 25.4 Å². The average Bonchev–Trinajstić information content (AvgIpc) is 2.62. The number of rotatable bonds is 2. The molecule has 0 radical (unpaired) electrons. The second-order valence-corrected chi connectivity index (χ2v) is 5.25. The molecule has 3 N–H and O–H groups in total. The van der Waals surface area contributed by atoms with Crippen LogP contribution < -0.4 is 11.1 Å². The summed E-state index contributed by atoms with van der Waals surface area (Å²) in [6.07, 6.45) is 0.337. The first kappa shape index (κ1) is 14.3. The van der Waals surface area contributed by atoms with Crippen molar-refractivity contribution in [3.63, 3.8) is 0 Å². The number of nitrogen functional groups attached to an aromatic ring is 1. The fraction of sp³-hybridized carbons (Fsp3) is 0.500. The van der Waals surface area contributed by atoms with E-state index in [4.69, 9.17) is 5.73 Å². The quantitative estimate of drug-likeness (QED) is 0.834. The van der Waals surface area contributed by atoms with Gasteiger partial charge in [0.2, 0.25) is 5.91 Å². The number of nitrogens with one attached hydrogen (secondary N) is 1. The van der Waals surface area contributed by atoms with E-state index in [0.717, 1.165) is 5.69 Å². The summed E-state index contributed by atoms with van der Waals surface area (Å²) in [7, 11) is 0. The molecule has 0 spiro atoms. The Bertz CT molecular complexity index is 528. The van der Waals surface area contributed by atoms with Crippen LogP contribution in [0.3, 0.4) is 0 Å². The molecule has 6 nitrogen and oxygen atoms in total. The van der Waals surface area contributed by atoms with Gasteiger partial charge in [0.05, 0.1) is 0 Å². The third kappa shape index (κ3) is 3.26. The zero-order chi connectivity index (χ0) is 14.7. The highest BCUT2D eigenvalue weighted by Gasteiger charge is 2.21. The van der Waals surface area contributed by atoms with Crippen LogP contribution in [-0.4, -0.2) is 41.3 Å². The molecule has 0 saturated carbocycles. The summed E-state index contributed by atoms with van der Waals surface area (Å²) in [5.41, 5.74) is 7.11. The number of hydrogen-bond donors (Lipinski definition) is 2. The van der Waals surface area contributed by atoms with Crippen LogP contribution in [0, 0.1) is 0 Å². The van der Waals surface area contributed by atoms with Crippen LogP contribution in [0.2, 0.25) is 0 Å². The molecule has 0 bridgehead atoms. The molecule has 2 heterocycles. The predicted octanol–water partition coefficient (Wildman–Crippen LogP) is 0.749. The minimum absolute atomic E-state index is 0.0163. The molecule has 2 rings (SSSR count). The van der Waals surface area contributed by atoms with Gasteiger partial charge in [-0.15, -0.1) is 0 Å². The molecule has 108 valence electrons. The van der Waals surface area contributed by atoms with E-state index in [1.54, 1.807) is 17.0 Å². The Morgan fingerprint density at radius 2 is 2.15 bits per heavy atom.